The number of ether oxygens (including phenoxy) is 1. The summed E-state index contributed by atoms with van der Waals surface area (Å²) in [5.74, 6) is -0.590. The van der Waals surface area contributed by atoms with Gasteiger partial charge in [0.15, 0.2) is 0 Å². The Labute approximate surface area is 194 Å². The summed E-state index contributed by atoms with van der Waals surface area (Å²) in [6.07, 6.45) is 4.13. The lowest BCUT2D eigenvalue weighted by molar-refractivity contribution is -0.137. The molecule has 0 atom stereocenters. The van der Waals surface area contributed by atoms with Crippen molar-refractivity contribution in [1.29, 1.82) is 0 Å². The van der Waals surface area contributed by atoms with Crippen molar-refractivity contribution in [3.63, 3.8) is 0 Å². The predicted molar refractivity (Wildman–Crippen MR) is 132 cm³/mol. The molecule has 0 unspecified atom stereocenters. The molecule has 1 amide bonds. The van der Waals surface area contributed by atoms with E-state index in [0.29, 0.717) is 17.9 Å². The minimum atomic E-state index is -0.857. The summed E-state index contributed by atoms with van der Waals surface area (Å²) < 4.78 is 7.92. The van der Waals surface area contributed by atoms with E-state index in [1.54, 1.807) is 18.2 Å². The number of carbonyl (C=O) groups excluding carboxylic acids is 1. The molecule has 0 aliphatic heterocycles. The van der Waals surface area contributed by atoms with Crippen LogP contribution in [0.2, 0.25) is 0 Å². The number of nitrogens with zero attached hydrogens (tertiary/aromatic N) is 1. The summed E-state index contributed by atoms with van der Waals surface area (Å²) in [7, 11) is 0. The van der Waals surface area contributed by atoms with Gasteiger partial charge in [-0.1, -0.05) is 39.0 Å². The zero-order valence-corrected chi connectivity index (χ0v) is 19.7. The third-order valence-electron chi connectivity index (χ3n) is 5.16. The molecule has 1 heterocycles. The second-order valence-corrected chi connectivity index (χ2v) is 9.44. The van der Waals surface area contributed by atoms with Gasteiger partial charge >= 0.3 is 5.97 Å². The first kappa shape index (κ1) is 24.1. The molecule has 33 heavy (non-hydrogen) atoms. The summed E-state index contributed by atoms with van der Waals surface area (Å²) in [6, 6.07) is 15.5. The number of allylic oxidation sites excluding steroid dienone is 1. The molecule has 174 valence electrons. The number of hydrogen-bond donors (Lipinski definition) is 2. The van der Waals surface area contributed by atoms with Gasteiger partial charge in [0.2, 0.25) is 5.91 Å². The Morgan fingerprint density at radius 1 is 1.12 bits per heavy atom. The number of nitrogens with one attached hydrogen (secondary N) is 1. The minimum absolute atomic E-state index is 0.0421. The first-order valence-corrected chi connectivity index (χ1v) is 11.1. The molecular formula is C27H32N2O4. The SMILES string of the molecule is C/C(=C\C(=O)Nc1ccccc1OCCCC(=O)O)c1ccc2c(ccn2CC(C)(C)C)c1. The molecule has 2 N–H and O–H groups in total. The fourth-order valence-corrected chi connectivity index (χ4v) is 3.64. The van der Waals surface area contributed by atoms with Gasteiger partial charge in [-0.05, 0) is 60.2 Å². The van der Waals surface area contributed by atoms with Crippen LogP contribution in [-0.4, -0.2) is 28.2 Å². The number of carboxylic acids is 1. The molecule has 0 bridgehead atoms. The lowest BCUT2D eigenvalue weighted by Gasteiger charge is -2.19. The maximum Gasteiger partial charge on any atom is 0.303 e. The van der Waals surface area contributed by atoms with E-state index >= 15 is 0 Å². The number of fused-ring (bicyclic) bond motifs is 1. The maximum atomic E-state index is 12.7. The second-order valence-electron chi connectivity index (χ2n) is 9.44. The van der Waals surface area contributed by atoms with Crippen molar-refractivity contribution >= 4 is 34.0 Å². The molecule has 0 aliphatic carbocycles. The van der Waals surface area contributed by atoms with Gasteiger partial charge < -0.3 is 19.7 Å². The third-order valence-corrected chi connectivity index (χ3v) is 5.16. The highest BCUT2D eigenvalue weighted by Crippen LogP contribution is 2.27. The molecule has 3 rings (SSSR count). The fourth-order valence-electron chi connectivity index (χ4n) is 3.64. The van der Waals surface area contributed by atoms with Gasteiger partial charge in [0.25, 0.3) is 0 Å². The fraction of sp³-hybridized carbons (Fsp3) is 0.333. The van der Waals surface area contributed by atoms with Crippen LogP contribution in [0.15, 0.2) is 60.8 Å². The Kier molecular flexibility index (Phi) is 7.59. The van der Waals surface area contributed by atoms with Crippen LogP contribution in [0.5, 0.6) is 5.75 Å². The van der Waals surface area contributed by atoms with Crippen molar-refractivity contribution in [1.82, 2.24) is 4.57 Å². The average Bonchev–Trinajstić information content (AvgIpc) is 3.12. The molecule has 0 radical (unpaired) electrons. The number of para-hydroxylation sites is 2. The van der Waals surface area contributed by atoms with E-state index in [4.69, 9.17) is 9.84 Å². The first-order valence-electron chi connectivity index (χ1n) is 11.1. The van der Waals surface area contributed by atoms with Crippen molar-refractivity contribution in [2.24, 2.45) is 5.41 Å². The van der Waals surface area contributed by atoms with Crippen LogP contribution < -0.4 is 10.1 Å². The number of aliphatic carboxylic acids is 1. The van der Waals surface area contributed by atoms with E-state index in [1.165, 1.54) is 5.52 Å². The van der Waals surface area contributed by atoms with Crippen LogP contribution in [-0.2, 0) is 16.1 Å². The maximum absolute atomic E-state index is 12.7. The molecule has 3 aromatic rings. The van der Waals surface area contributed by atoms with Crippen molar-refractivity contribution < 1.29 is 19.4 Å². The Hall–Kier alpha value is -3.54. The molecule has 0 saturated carbocycles. The first-order chi connectivity index (χ1) is 15.6. The highest BCUT2D eigenvalue weighted by Gasteiger charge is 2.13. The predicted octanol–water partition coefficient (Wildman–Crippen LogP) is 5.97. The van der Waals surface area contributed by atoms with E-state index in [1.807, 2.05) is 25.1 Å². The highest BCUT2D eigenvalue weighted by atomic mass is 16.5. The minimum Gasteiger partial charge on any atom is -0.491 e. The summed E-state index contributed by atoms with van der Waals surface area (Å²) in [6.45, 7) is 9.78. The topological polar surface area (TPSA) is 80.6 Å². The Morgan fingerprint density at radius 2 is 1.88 bits per heavy atom. The van der Waals surface area contributed by atoms with Crippen molar-refractivity contribution in [3.8, 4) is 5.75 Å². The van der Waals surface area contributed by atoms with Gasteiger partial charge in [-0.3, -0.25) is 9.59 Å². The smallest absolute Gasteiger partial charge is 0.303 e. The van der Waals surface area contributed by atoms with E-state index in [0.717, 1.165) is 23.1 Å². The normalized spacial score (nSPS) is 12.1. The van der Waals surface area contributed by atoms with Crippen LogP contribution in [0.3, 0.4) is 0 Å². The van der Waals surface area contributed by atoms with Crippen molar-refractivity contribution in [3.05, 3.63) is 66.4 Å². The zero-order valence-electron chi connectivity index (χ0n) is 19.7. The standard InChI is InChI=1S/C27H32N2O4/c1-19(20-11-12-23-21(17-20)13-14-29(23)18-27(2,3)4)16-25(30)28-22-8-5-6-9-24(22)33-15-7-10-26(31)32/h5-6,8-9,11-14,16-17H,7,10,15,18H2,1-4H3,(H,28,30)(H,31,32)/b19-16+. The van der Waals surface area contributed by atoms with Gasteiger partial charge in [-0.2, -0.15) is 0 Å². The van der Waals surface area contributed by atoms with Gasteiger partial charge in [0.05, 0.1) is 12.3 Å². The molecule has 0 aliphatic rings. The number of aromatic nitrogens is 1. The van der Waals surface area contributed by atoms with Gasteiger partial charge in [0.1, 0.15) is 5.75 Å². The van der Waals surface area contributed by atoms with Gasteiger partial charge in [-0.15, -0.1) is 0 Å². The van der Waals surface area contributed by atoms with Crippen LogP contribution in [0.25, 0.3) is 16.5 Å². The van der Waals surface area contributed by atoms with Crippen LogP contribution >= 0.6 is 0 Å². The quantitative estimate of drug-likeness (QED) is 0.312. The molecule has 0 spiro atoms. The van der Waals surface area contributed by atoms with Crippen LogP contribution in [0.4, 0.5) is 5.69 Å². The number of amides is 1. The van der Waals surface area contributed by atoms with Gasteiger partial charge in [-0.25, -0.2) is 0 Å². The summed E-state index contributed by atoms with van der Waals surface area (Å²) >= 11 is 0. The number of hydrogen-bond acceptors (Lipinski definition) is 3. The van der Waals surface area contributed by atoms with Crippen molar-refractivity contribution in [2.75, 3.05) is 11.9 Å². The number of carboxylic acid groups (broad SMARTS) is 1. The average molecular weight is 449 g/mol. The Balaban J connectivity index is 1.69. The molecule has 0 saturated heterocycles. The lowest BCUT2D eigenvalue weighted by atomic mass is 9.97. The molecular weight excluding hydrogens is 416 g/mol. The van der Waals surface area contributed by atoms with E-state index in [2.05, 4.69) is 55.1 Å². The monoisotopic (exact) mass is 448 g/mol. The number of carbonyl (C=O) groups is 2. The van der Waals surface area contributed by atoms with Crippen molar-refractivity contribution in [2.45, 2.75) is 47.1 Å². The summed E-state index contributed by atoms with van der Waals surface area (Å²) in [5, 5.41) is 12.8. The van der Waals surface area contributed by atoms with E-state index in [-0.39, 0.29) is 24.3 Å². The van der Waals surface area contributed by atoms with Crippen LogP contribution in [0, 0.1) is 5.41 Å². The molecule has 6 heteroatoms. The molecule has 0 fully saturated rings. The van der Waals surface area contributed by atoms with Crippen LogP contribution in [0.1, 0.15) is 46.1 Å². The number of rotatable bonds is 9. The van der Waals surface area contributed by atoms with E-state index < -0.39 is 5.97 Å². The number of benzene rings is 2. The summed E-state index contributed by atoms with van der Waals surface area (Å²) in [5.41, 5.74) is 3.77. The second kappa shape index (κ2) is 10.4. The van der Waals surface area contributed by atoms with E-state index in [9.17, 15) is 9.59 Å². The molecule has 1 aromatic heterocycles. The van der Waals surface area contributed by atoms with Gasteiger partial charge in [0, 0.05) is 36.1 Å². The third kappa shape index (κ3) is 6.97. The zero-order chi connectivity index (χ0) is 24.0. The Bertz CT molecular complexity index is 1170. The summed E-state index contributed by atoms with van der Waals surface area (Å²) in [4.78, 5) is 23.3. The number of anilines is 1. The largest absolute Gasteiger partial charge is 0.491 e. The Morgan fingerprint density at radius 3 is 2.61 bits per heavy atom. The molecule has 2 aromatic carbocycles. The molecule has 6 nitrogen and oxygen atoms in total. The lowest BCUT2D eigenvalue weighted by Crippen LogP contribution is -2.14. The highest BCUT2D eigenvalue weighted by molar-refractivity contribution is 6.04.